The Labute approximate surface area is 284 Å². The average molecular weight is 628 g/mol. The van der Waals surface area contributed by atoms with Crippen LogP contribution in [0, 0.1) is 0 Å². The van der Waals surface area contributed by atoms with E-state index in [4.69, 9.17) is 14.4 Å². The summed E-state index contributed by atoms with van der Waals surface area (Å²) in [6.45, 7) is 0. The molecule has 3 aromatic heterocycles. The summed E-state index contributed by atoms with van der Waals surface area (Å²) < 4.78 is 6.29. The highest BCUT2D eigenvalue weighted by Crippen LogP contribution is 2.37. The number of rotatable bonds is 6. The number of furan rings is 1. The van der Waals surface area contributed by atoms with Crippen LogP contribution in [0.5, 0.6) is 0 Å². The molecular formula is C45H29N3O. The van der Waals surface area contributed by atoms with Crippen LogP contribution in [0.15, 0.2) is 181 Å². The van der Waals surface area contributed by atoms with E-state index in [0.29, 0.717) is 5.82 Å². The summed E-state index contributed by atoms with van der Waals surface area (Å²) in [6, 6.07) is 56.7. The fourth-order valence-electron chi connectivity index (χ4n) is 6.50. The van der Waals surface area contributed by atoms with Gasteiger partial charge in [0.15, 0.2) is 5.82 Å². The molecule has 0 fully saturated rings. The molecule has 9 rings (SSSR count). The molecule has 4 nitrogen and oxygen atoms in total. The van der Waals surface area contributed by atoms with Crippen LogP contribution in [-0.4, -0.2) is 15.0 Å². The first-order valence-electron chi connectivity index (χ1n) is 16.3. The van der Waals surface area contributed by atoms with E-state index in [1.165, 1.54) is 0 Å². The van der Waals surface area contributed by atoms with Gasteiger partial charge in [0.2, 0.25) is 0 Å². The van der Waals surface area contributed by atoms with Crippen molar-refractivity contribution in [1.29, 1.82) is 0 Å². The minimum Gasteiger partial charge on any atom is -0.456 e. The van der Waals surface area contributed by atoms with Crippen molar-refractivity contribution >= 4 is 21.9 Å². The molecule has 0 aliphatic carbocycles. The molecule has 9 aromatic rings. The van der Waals surface area contributed by atoms with Crippen molar-refractivity contribution in [3.8, 4) is 67.3 Å². The van der Waals surface area contributed by atoms with Crippen molar-refractivity contribution in [3.63, 3.8) is 0 Å². The number of aromatic nitrogens is 3. The quantitative estimate of drug-likeness (QED) is 0.184. The zero-order valence-corrected chi connectivity index (χ0v) is 26.5. The summed E-state index contributed by atoms with van der Waals surface area (Å²) in [5.41, 5.74) is 13.0. The molecule has 49 heavy (non-hydrogen) atoms. The van der Waals surface area contributed by atoms with Gasteiger partial charge in [0.05, 0.1) is 11.4 Å². The average Bonchev–Trinajstić information content (AvgIpc) is 3.57. The van der Waals surface area contributed by atoms with Crippen molar-refractivity contribution in [3.05, 3.63) is 176 Å². The second kappa shape index (κ2) is 12.2. The lowest BCUT2D eigenvalue weighted by atomic mass is 9.94. The van der Waals surface area contributed by atoms with E-state index in [1.807, 2.05) is 48.7 Å². The van der Waals surface area contributed by atoms with E-state index in [0.717, 1.165) is 83.4 Å². The Bertz CT molecular complexity index is 2590. The number of para-hydroxylation sites is 1. The third-order valence-corrected chi connectivity index (χ3v) is 8.96. The maximum absolute atomic E-state index is 6.29. The first kappa shape index (κ1) is 28.6. The predicted octanol–water partition coefficient (Wildman–Crippen LogP) is 11.8. The monoisotopic (exact) mass is 627 g/mol. The van der Waals surface area contributed by atoms with Crippen molar-refractivity contribution in [2.45, 2.75) is 0 Å². The van der Waals surface area contributed by atoms with Crippen LogP contribution < -0.4 is 0 Å². The first-order chi connectivity index (χ1) is 24.2. The van der Waals surface area contributed by atoms with Crippen LogP contribution in [-0.2, 0) is 0 Å². The van der Waals surface area contributed by atoms with Gasteiger partial charge in [-0.05, 0) is 82.4 Å². The van der Waals surface area contributed by atoms with E-state index in [2.05, 4.69) is 126 Å². The van der Waals surface area contributed by atoms with Gasteiger partial charge in [-0.25, -0.2) is 9.97 Å². The third-order valence-electron chi connectivity index (χ3n) is 8.96. The highest BCUT2D eigenvalue weighted by Gasteiger charge is 2.15. The summed E-state index contributed by atoms with van der Waals surface area (Å²) >= 11 is 0. The van der Waals surface area contributed by atoms with E-state index in [1.54, 1.807) is 6.20 Å². The molecule has 0 saturated heterocycles. The summed E-state index contributed by atoms with van der Waals surface area (Å²) in [6.07, 6.45) is 3.68. The predicted molar refractivity (Wildman–Crippen MR) is 200 cm³/mol. The van der Waals surface area contributed by atoms with Crippen molar-refractivity contribution < 1.29 is 4.42 Å². The molecular weight excluding hydrogens is 599 g/mol. The number of hydrogen-bond acceptors (Lipinski definition) is 4. The largest absolute Gasteiger partial charge is 0.456 e. The molecule has 0 atom stereocenters. The van der Waals surface area contributed by atoms with Crippen molar-refractivity contribution in [2.24, 2.45) is 0 Å². The van der Waals surface area contributed by atoms with Gasteiger partial charge in [-0.3, -0.25) is 4.98 Å². The van der Waals surface area contributed by atoms with E-state index < -0.39 is 0 Å². The van der Waals surface area contributed by atoms with Gasteiger partial charge in [0.25, 0.3) is 0 Å². The third kappa shape index (κ3) is 5.56. The highest BCUT2D eigenvalue weighted by atomic mass is 16.3. The minimum absolute atomic E-state index is 0.676. The molecule has 0 bridgehead atoms. The molecule has 0 unspecified atom stereocenters. The standard InChI is InChI=1S/C45H29N3O/c1-3-11-30(12-4-1)36-24-37(33-20-21-40-39-18-7-8-19-43(39)49-44(40)27-33)26-38(25-36)42-28-41(47-45(48-42)31-13-5-2-6-14-31)34-16-9-15-32(23-34)35-17-10-22-46-29-35/h1-29H. The Morgan fingerprint density at radius 2 is 0.939 bits per heavy atom. The summed E-state index contributed by atoms with van der Waals surface area (Å²) in [7, 11) is 0. The van der Waals surface area contributed by atoms with Crippen molar-refractivity contribution in [2.75, 3.05) is 0 Å². The molecule has 0 N–H and O–H groups in total. The van der Waals surface area contributed by atoms with Crippen LogP contribution in [0.4, 0.5) is 0 Å². The zero-order chi connectivity index (χ0) is 32.6. The maximum atomic E-state index is 6.29. The van der Waals surface area contributed by atoms with Gasteiger partial charge in [0.1, 0.15) is 11.2 Å². The molecule has 0 radical (unpaired) electrons. The number of nitrogens with zero attached hydrogens (tertiary/aromatic N) is 3. The molecule has 3 heterocycles. The number of pyridine rings is 1. The van der Waals surface area contributed by atoms with Gasteiger partial charge in [-0.2, -0.15) is 0 Å². The summed E-state index contributed by atoms with van der Waals surface area (Å²) in [5, 5.41) is 2.23. The number of benzene rings is 6. The topological polar surface area (TPSA) is 51.8 Å². The lowest BCUT2D eigenvalue weighted by Crippen LogP contribution is -1.97. The second-order valence-electron chi connectivity index (χ2n) is 12.1. The Kier molecular flexibility index (Phi) is 7.10. The molecule has 6 aromatic carbocycles. The van der Waals surface area contributed by atoms with Crippen molar-refractivity contribution in [1.82, 2.24) is 15.0 Å². The van der Waals surface area contributed by atoms with Gasteiger partial charge in [-0.15, -0.1) is 0 Å². The number of hydrogen-bond donors (Lipinski definition) is 0. The van der Waals surface area contributed by atoms with Crippen LogP contribution >= 0.6 is 0 Å². The molecule has 0 aliphatic rings. The maximum Gasteiger partial charge on any atom is 0.160 e. The normalized spacial score (nSPS) is 11.3. The van der Waals surface area contributed by atoms with Crippen LogP contribution in [0.25, 0.3) is 89.2 Å². The van der Waals surface area contributed by atoms with Crippen LogP contribution in [0.2, 0.25) is 0 Å². The summed E-state index contributed by atoms with van der Waals surface area (Å²) in [5.74, 6) is 0.676. The van der Waals surface area contributed by atoms with E-state index in [-0.39, 0.29) is 0 Å². The molecule has 0 spiro atoms. The van der Waals surface area contributed by atoms with Gasteiger partial charge < -0.3 is 4.42 Å². The van der Waals surface area contributed by atoms with Gasteiger partial charge in [0, 0.05) is 45.4 Å². The van der Waals surface area contributed by atoms with E-state index >= 15 is 0 Å². The second-order valence-corrected chi connectivity index (χ2v) is 12.1. The molecule has 0 amide bonds. The Balaban J connectivity index is 1.24. The molecule has 0 aliphatic heterocycles. The lowest BCUT2D eigenvalue weighted by molar-refractivity contribution is 0.669. The SMILES string of the molecule is c1ccc(-c2cc(-c3ccc4c(c3)oc3ccccc34)cc(-c3cc(-c4cccc(-c5cccnc5)c4)nc(-c4ccccc4)n3)c2)cc1. The minimum atomic E-state index is 0.676. The van der Waals surface area contributed by atoms with Crippen LogP contribution in [0.3, 0.4) is 0 Å². The van der Waals surface area contributed by atoms with E-state index in [9.17, 15) is 0 Å². The number of fused-ring (bicyclic) bond motifs is 3. The Morgan fingerprint density at radius 1 is 0.347 bits per heavy atom. The zero-order valence-electron chi connectivity index (χ0n) is 26.5. The molecule has 4 heteroatoms. The Morgan fingerprint density at radius 3 is 1.73 bits per heavy atom. The van der Waals surface area contributed by atoms with Gasteiger partial charge >= 0.3 is 0 Å². The fraction of sp³-hybridized carbons (Fsp3) is 0. The summed E-state index contributed by atoms with van der Waals surface area (Å²) in [4.78, 5) is 14.6. The van der Waals surface area contributed by atoms with Gasteiger partial charge in [-0.1, -0.05) is 109 Å². The molecule has 230 valence electrons. The fourth-order valence-corrected chi connectivity index (χ4v) is 6.50. The van der Waals surface area contributed by atoms with Crippen LogP contribution in [0.1, 0.15) is 0 Å². The Hall–Kier alpha value is -6.65. The smallest absolute Gasteiger partial charge is 0.160 e. The lowest BCUT2D eigenvalue weighted by Gasteiger charge is -2.13. The first-order valence-corrected chi connectivity index (χ1v) is 16.3. The highest BCUT2D eigenvalue weighted by molar-refractivity contribution is 6.06. The molecule has 0 saturated carbocycles.